The summed E-state index contributed by atoms with van der Waals surface area (Å²) in [5, 5.41) is 0.870. The Morgan fingerprint density at radius 3 is 2.44 bits per heavy atom. The van der Waals surface area contributed by atoms with E-state index < -0.39 is 0 Å². The largest absolute Gasteiger partial charge is 0.491 e. The monoisotopic (exact) mass is 664 g/mol. The second-order valence-corrected chi connectivity index (χ2v) is 13.7. The quantitative estimate of drug-likeness (QED) is 0.100. The molecule has 0 aromatic heterocycles. The van der Waals surface area contributed by atoms with Crippen molar-refractivity contribution in [3.8, 4) is 5.75 Å². The summed E-state index contributed by atoms with van der Waals surface area (Å²) >= 11 is 7.48. The fourth-order valence-corrected chi connectivity index (χ4v) is 7.43. The van der Waals surface area contributed by atoms with Crippen molar-refractivity contribution in [3.05, 3.63) is 53.6 Å². The molecule has 2 heterocycles. The molecule has 1 aromatic carbocycles. The fourth-order valence-electron chi connectivity index (χ4n) is 6.12. The van der Waals surface area contributed by atoms with E-state index in [-0.39, 0.29) is 53.0 Å². The van der Waals surface area contributed by atoms with Crippen LogP contribution in [0.3, 0.4) is 0 Å². The van der Waals surface area contributed by atoms with E-state index in [0.717, 1.165) is 70.0 Å². The molecule has 250 valence electrons. The van der Waals surface area contributed by atoms with E-state index in [0.29, 0.717) is 31.3 Å². The van der Waals surface area contributed by atoms with Gasteiger partial charge in [0.15, 0.2) is 17.7 Å². The third-order valence-corrected chi connectivity index (χ3v) is 9.87. The summed E-state index contributed by atoms with van der Waals surface area (Å²) in [6.07, 6.45) is 17.1. The molecule has 1 saturated carbocycles. The second-order valence-electron chi connectivity index (χ2n) is 11.9. The van der Waals surface area contributed by atoms with Crippen molar-refractivity contribution in [2.75, 3.05) is 26.9 Å². The summed E-state index contributed by atoms with van der Waals surface area (Å²) in [6.45, 7) is 3.35. The zero-order valence-corrected chi connectivity index (χ0v) is 28.2. The Bertz CT molecular complexity index is 1080. The summed E-state index contributed by atoms with van der Waals surface area (Å²) in [6, 6.07) is 7.31. The average Bonchev–Trinajstić information content (AvgIpc) is 3.35. The number of hydrogen-bond donors (Lipinski definition) is 0. The van der Waals surface area contributed by atoms with Gasteiger partial charge in [-0.1, -0.05) is 47.7 Å². The zero-order valence-electron chi connectivity index (χ0n) is 26.6. The molecule has 45 heavy (non-hydrogen) atoms. The van der Waals surface area contributed by atoms with Gasteiger partial charge in [-0.3, -0.25) is 9.59 Å². The van der Waals surface area contributed by atoms with E-state index >= 15 is 0 Å². The Morgan fingerprint density at radius 1 is 1.04 bits per heavy atom. The molecule has 0 amide bonds. The van der Waals surface area contributed by atoms with Crippen LogP contribution in [0.25, 0.3) is 0 Å². The molecule has 0 spiro atoms. The molecule has 0 N–H and O–H groups in total. The third-order valence-electron chi connectivity index (χ3n) is 8.44. The van der Waals surface area contributed by atoms with E-state index in [2.05, 4.69) is 24.3 Å². The molecule has 10 heteroatoms. The summed E-state index contributed by atoms with van der Waals surface area (Å²) in [5.74, 6) is 0.740. The number of methoxy groups -OCH3 is 1. The van der Waals surface area contributed by atoms with Gasteiger partial charge in [-0.2, -0.15) is 0 Å². The van der Waals surface area contributed by atoms with Crippen molar-refractivity contribution in [1.82, 2.24) is 0 Å². The minimum absolute atomic E-state index is 0.0426. The summed E-state index contributed by atoms with van der Waals surface area (Å²) < 4.78 is 35.8. The van der Waals surface area contributed by atoms with Gasteiger partial charge in [-0.05, 0) is 94.4 Å². The Morgan fingerprint density at radius 2 is 1.78 bits per heavy atom. The van der Waals surface area contributed by atoms with Crippen LogP contribution in [0.5, 0.6) is 5.75 Å². The van der Waals surface area contributed by atoms with Crippen molar-refractivity contribution in [1.29, 1.82) is 0 Å². The van der Waals surface area contributed by atoms with Crippen LogP contribution in [0.15, 0.2) is 48.6 Å². The molecule has 4 rings (SSSR count). The summed E-state index contributed by atoms with van der Waals surface area (Å²) in [7, 11) is 1.41. The number of unbranched alkanes of at least 4 members (excludes halogenated alkanes) is 1. The molecule has 8 nitrogen and oxygen atoms in total. The maximum absolute atomic E-state index is 12.3. The summed E-state index contributed by atoms with van der Waals surface area (Å²) in [5.41, 5.74) is 0. The Kier molecular flexibility index (Phi) is 15.7. The van der Waals surface area contributed by atoms with Gasteiger partial charge in [0, 0.05) is 42.7 Å². The van der Waals surface area contributed by atoms with Crippen LogP contribution in [0.4, 0.5) is 0 Å². The number of ether oxygens (including phenoxy) is 6. The number of halogens is 1. The number of carbonyl (C=O) groups excluding carboxylic acids is 2. The van der Waals surface area contributed by atoms with E-state index in [1.54, 1.807) is 19.1 Å². The fraction of sp³-hybridized carbons (Fsp3) is 0.657. The lowest BCUT2D eigenvalue weighted by molar-refractivity contribution is -0.192. The van der Waals surface area contributed by atoms with Crippen LogP contribution in [0, 0.1) is 11.8 Å². The van der Waals surface area contributed by atoms with Gasteiger partial charge < -0.3 is 28.4 Å². The van der Waals surface area contributed by atoms with Gasteiger partial charge in [-0.15, -0.1) is 0 Å². The first-order valence-corrected chi connectivity index (χ1v) is 17.7. The minimum Gasteiger partial charge on any atom is -0.491 e. The smallest absolute Gasteiger partial charge is 0.305 e. The van der Waals surface area contributed by atoms with Crippen LogP contribution in [-0.2, 0) is 33.3 Å². The lowest BCUT2D eigenvalue weighted by Crippen LogP contribution is -2.32. The van der Waals surface area contributed by atoms with Gasteiger partial charge in [0.2, 0.25) is 0 Å². The van der Waals surface area contributed by atoms with Crippen molar-refractivity contribution >= 4 is 34.4 Å². The number of allylic oxidation sites excluding steroid dienone is 2. The Balaban J connectivity index is 1.51. The van der Waals surface area contributed by atoms with Gasteiger partial charge >= 0.3 is 5.97 Å². The van der Waals surface area contributed by atoms with Gasteiger partial charge in [0.25, 0.3) is 0 Å². The van der Waals surface area contributed by atoms with Crippen molar-refractivity contribution in [2.45, 2.75) is 108 Å². The maximum atomic E-state index is 12.3. The van der Waals surface area contributed by atoms with E-state index in [1.165, 1.54) is 18.9 Å². The lowest BCUT2D eigenvalue weighted by atomic mass is 9.90. The second kappa shape index (κ2) is 19.7. The maximum Gasteiger partial charge on any atom is 0.305 e. The average molecular weight is 665 g/mol. The molecule has 3 aliphatic rings. The Hall–Kier alpha value is -1.88. The molecule has 2 aliphatic heterocycles. The van der Waals surface area contributed by atoms with Gasteiger partial charge in [0.05, 0.1) is 13.2 Å². The highest BCUT2D eigenvalue weighted by Gasteiger charge is 2.44. The van der Waals surface area contributed by atoms with Crippen LogP contribution < -0.4 is 4.74 Å². The standard InChI is InChI=1S/C35H49ClO8S/c1-25(37)45-32-23-31(44-35-14-8-10-22-41-35)29(30(32)11-5-3-4-6-12-33(38)39-2)20-19-28(43-34-13-7-9-21-40-34)24-42-27-17-15-26(36)16-18-27/h3,5,15-20,28-32,34-35H,4,6-14,21-24H2,1-2H3/t28-,29-,30-,31-,32+,34?,35?/m1/s1. The number of thioether (sulfide) groups is 1. The molecule has 7 atom stereocenters. The summed E-state index contributed by atoms with van der Waals surface area (Å²) in [4.78, 5) is 23.8. The first kappa shape index (κ1) is 36.0. The van der Waals surface area contributed by atoms with Crippen molar-refractivity contribution in [3.63, 3.8) is 0 Å². The number of carbonyl (C=O) groups is 2. The predicted molar refractivity (Wildman–Crippen MR) is 176 cm³/mol. The van der Waals surface area contributed by atoms with Crippen LogP contribution in [-0.4, -0.2) is 68.1 Å². The predicted octanol–water partition coefficient (Wildman–Crippen LogP) is 7.67. The van der Waals surface area contributed by atoms with E-state index in [1.807, 2.05) is 12.1 Å². The number of esters is 1. The first-order chi connectivity index (χ1) is 21.9. The normalized spacial score (nSPS) is 28.0. The first-order valence-electron chi connectivity index (χ1n) is 16.4. The van der Waals surface area contributed by atoms with Crippen molar-refractivity contribution in [2.24, 2.45) is 11.8 Å². The third kappa shape index (κ3) is 12.7. The highest BCUT2D eigenvalue weighted by Crippen LogP contribution is 2.45. The highest BCUT2D eigenvalue weighted by atomic mass is 35.5. The van der Waals surface area contributed by atoms with E-state index in [4.69, 9.17) is 40.0 Å². The molecule has 3 fully saturated rings. The van der Waals surface area contributed by atoms with Gasteiger partial charge in [0.1, 0.15) is 18.5 Å². The lowest BCUT2D eigenvalue weighted by Gasteiger charge is -2.30. The molecule has 1 aromatic rings. The van der Waals surface area contributed by atoms with E-state index in [9.17, 15) is 9.59 Å². The molecule has 1 aliphatic carbocycles. The topological polar surface area (TPSA) is 89.5 Å². The molecule has 2 saturated heterocycles. The molecule has 0 bridgehead atoms. The number of benzene rings is 1. The molecular weight excluding hydrogens is 616 g/mol. The van der Waals surface area contributed by atoms with Crippen molar-refractivity contribution < 1.29 is 38.0 Å². The SMILES string of the molecule is COC(=O)CCCC=CC[C@@H]1[C@@H](C=C[C@H](COc2ccc(Cl)cc2)OC2CCCCO2)[C@H](OC2CCCCO2)C[C@@H]1SC(C)=O. The van der Waals surface area contributed by atoms with Crippen LogP contribution in [0.2, 0.25) is 5.02 Å². The van der Waals surface area contributed by atoms with Crippen LogP contribution in [0.1, 0.15) is 77.6 Å². The molecule has 0 radical (unpaired) electrons. The molecular formula is C35H49ClO8S. The molecule has 2 unspecified atom stereocenters. The zero-order chi connectivity index (χ0) is 31.9. The number of hydrogen-bond acceptors (Lipinski definition) is 9. The van der Waals surface area contributed by atoms with Gasteiger partial charge in [-0.25, -0.2) is 0 Å². The van der Waals surface area contributed by atoms with Crippen LogP contribution >= 0.6 is 23.4 Å². The highest BCUT2D eigenvalue weighted by molar-refractivity contribution is 8.14. The minimum atomic E-state index is -0.343. The Labute approximate surface area is 277 Å². The number of rotatable bonds is 16.